The van der Waals surface area contributed by atoms with Crippen molar-refractivity contribution in [3.05, 3.63) is 42.4 Å². The normalized spacial score (nSPS) is 10.4. The SMILES string of the molecule is Cc1n(N)c(-c2ccccc2)c[n+]1N. The lowest BCUT2D eigenvalue weighted by atomic mass is 10.2. The van der Waals surface area contributed by atoms with Crippen LogP contribution in [-0.4, -0.2) is 4.68 Å². The molecule has 0 saturated carbocycles. The van der Waals surface area contributed by atoms with Crippen molar-refractivity contribution in [2.75, 3.05) is 11.7 Å². The lowest BCUT2D eigenvalue weighted by Gasteiger charge is -1.95. The smallest absolute Gasteiger partial charge is 0.269 e. The van der Waals surface area contributed by atoms with Gasteiger partial charge >= 0.3 is 0 Å². The van der Waals surface area contributed by atoms with Gasteiger partial charge in [-0.05, 0) is 0 Å². The molecule has 0 bridgehead atoms. The van der Waals surface area contributed by atoms with Crippen LogP contribution in [0.4, 0.5) is 0 Å². The van der Waals surface area contributed by atoms with Crippen molar-refractivity contribution in [3.63, 3.8) is 0 Å². The molecule has 0 saturated heterocycles. The quantitative estimate of drug-likeness (QED) is 0.496. The molecule has 0 aliphatic rings. The van der Waals surface area contributed by atoms with Crippen molar-refractivity contribution in [2.45, 2.75) is 6.92 Å². The fourth-order valence-electron chi connectivity index (χ4n) is 1.41. The molecule has 0 aliphatic carbocycles. The Balaban J connectivity index is 2.58. The third-order valence-corrected chi connectivity index (χ3v) is 2.31. The molecule has 0 fully saturated rings. The second-order valence-electron chi connectivity index (χ2n) is 3.20. The average molecular weight is 189 g/mol. The van der Waals surface area contributed by atoms with E-state index in [2.05, 4.69) is 0 Å². The molecule has 1 heterocycles. The summed E-state index contributed by atoms with van der Waals surface area (Å²) in [5.74, 6) is 12.4. The van der Waals surface area contributed by atoms with Crippen LogP contribution in [0.15, 0.2) is 36.5 Å². The molecule has 2 aromatic rings. The largest absolute Gasteiger partial charge is 0.300 e. The van der Waals surface area contributed by atoms with Crippen LogP contribution in [0, 0.1) is 6.92 Å². The molecule has 2 rings (SSSR count). The van der Waals surface area contributed by atoms with E-state index >= 15 is 0 Å². The highest BCUT2D eigenvalue weighted by atomic mass is 15.4. The van der Waals surface area contributed by atoms with Crippen LogP contribution in [0.2, 0.25) is 0 Å². The minimum atomic E-state index is 0.809. The zero-order valence-corrected chi connectivity index (χ0v) is 8.01. The van der Waals surface area contributed by atoms with E-state index in [0.29, 0.717) is 0 Å². The number of hydrogen-bond acceptors (Lipinski definition) is 2. The second kappa shape index (κ2) is 3.06. The third-order valence-electron chi connectivity index (χ3n) is 2.31. The maximum absolute atomic E-state index is 5.85. The number of hydrogen-bond donors (Lipinski definition) is 2. The van der Waals surface area contributed by atoms with Crippen LogP contribution in [0.5, 0.6) is 0 Å². The number of rotatable bonds is 1. The van der Waals surface area contributed by atoms with Gasteiger partial charge in [-0.15, -0.1) is 9.35 Å². The van der Waals surface area contributed by atoms with Crippen LogP contribution in [0.3, 0.4) is 0 Å². The van der Waals surface area contributed by atoms with Crippen molar-refractivity contribution < 1.29 is 4.68 Å². The van der Waals surface area contributed by atoms with Crippen molar-refractivity contribution >= 4 is 0 Å². The van der Waals surface area contributed by atoms with Crippen molar-refractivity contribution in [1.82, 2.24) is 4.68 Å². The Morgan fingerprint density at radius 3 is 2.36 bits per heavy atom. The van der Waals surface area contributed by atoms with E-state index in [0.717, 1.165) is 17.1 Å². The Labute approximate surface area is 82.3 Å². The standard InChI is InChI=1S/C10H13N4/c1-8-13(11)7-10(14(8)12)9-5-3-2-4-6-9/h2-7H,11-12H2,1H3/q+1. The average Bonchev–Trinajstić information content (AvgIpc) is 2.47. The van der Waals surface area contributed by atoms with E-state index < -0.39 is 0 Å². The predicted molar refractivity (Wildman–Crippen MR) is 55.1 cm³/mol. The van der Waals surface area contributed by atoms with E-state index in [4.69, 9.17) is 11.7 Å². The summed E-state index contributed by atoms with van der Waals surface area (Å²) in [5.41, 5.74) is 1.97. The van der Waals surface area contributed by atoms with Gasteiger partial charge in [-0.1, -0.05) is 30.3 Å². The number of nitrogen functional groups attached to an aromatic ring is 2. The Bertz CT molecular complexity index is 445. The van der Waals surface area contributed by atoms with Crippen molar-refractivity contribution in [3.8, 4) is 11.3 Å². The predicted octanol–water partition coefficient (Wildman–Crippen LogP) is 0.179. The van der Waals surface area contributed by atoms with E-state index in [-0.39, 0.29) is 0 Å². The second-order valence-corrected chi connectivity index (χ2v) is 3.20. The molecule has 0 unspecified atom stereocenters. The van der Waals surface area contributed by atoms with Gasteiger partial charge in [0.25, 0.3) is 5.82 Å². The topological polar surface area (TPSA) is 60.8 Å². The van der Waals surface area contributed by atoms with Gasteiger partial charge in [-0.3, -0.25) is 11.7 Å². The maximum atomic E-state index is 5.85. The van der Waals surface area contributed by atoms with Crippen LogP contribution in [0.1, 0.15) is 5.82 Å². The summed E-state index contributed by atoms with van der Waals surface area (Å²) in [7, 11) is 0. The Kier molecular flexibility index (Phi) is 1.89. The zero-order chi connectivity index (χ0) is 10.1. The fraction of sp³-hybridized carbons (Fsp3) is 0.100. The van der Waals surface area contributed by atoms with Crippen LogP contribution in [-0.2, 0) is 0 Å². The molecule has 0 aliphatic heterocycles. The molecule has 14 heavy (non-hydrogen) atoms. The van der Waals surface area contributed by atoms with Gasteiger partial charge in [0.2, 0.25) is 5.69 Å². The number of benzene rings is 1. The summed E-state index contributed by atoms with van der Waals surface area (Å²) in [6.45, 7) is 1.87. The van der Waals surface area contributed by atoms with Gasteiger partial charge in [0, 0.05) is 12.5 Å². The highest BCUT2D eigenvalue weighted by molar-refractivity contribution is 5.58. The number of nitrogens with zero attached hydrogens (tertiary/aromatic N) is 2. The van der Waals surface area contributed by atoms with Crippen LogP contribution in [0.25, 0.3) is 11.3 Å². The molecule has 4 nitrogen and oxygen atoms in total. The molecule has 72 valence electrons. The first-order valence-electron chi connectivity index (χ1n) is 4.39. The van der Waals surface area contributed by atoms with E-state index in [9.17, 15) is 0 Å². The number of aromatic nitrogens is 2. The van der Waals surface area contributed by atoms with E-state index in [1.807, 2.05) is 43.5 Å². The number of imidazole rings is 1. The third kappa shape index (κ3) is 1.21. The molecule has 4 N–H and O–H groups in total. The molecule has 0 spiro atoms. The van der Waals surface area contributed by atoms with Crippen LogP contribution >= 0.6 is 0 Å². The molecular weight excluding hydrogens is 176 g/mol. The lowest BCUT2D eigenvalue weighted by Crippen LogP contribution is -2.46. The first-order valence-corrected chi connectivity index (χ1v) is 4.39. The Morgan fingerprint density at radius 1 is 1.21 bits per heavy atom. The van der Waals surface area contributed by atoms with Gasteiger partial charge in [-0.2, -0.15) is 0 Å². The molecule has 1 aromatic heterocycles. The molecule has 4 heteroatoms. The summed E-state index contributed by atoms with van der Waals surface area (Å²) in [4.78, 5) is 0. The van der Waals surface area contributed by atoms with Crippen molar-refractivity contribution in [2.24, 2.45) is 0 Å². The molecule has 0 radical (unpaired) electrons. The number of nitrogens with two attached hydrogens (primary N) is 2. The first kappa shape index (κ1) is 8.62. The summed E-state index contributed by atoms with van der Waals surface area (Å²) >= 11 is 0. The highest BCUT2D eigenvalue weighted by Crippen LogP contribution is 2.16. The fourth-order valence-corrected chi connectivity index (χ4v) is 1.41. The summed E-state index contributed by atoms with van der Waals surface area (Å²) in [6.07, 6.45) is 1.81. The van der Waals surface area contributed by atoms with Crippen molar-refractivity contribution in [1.29, 1.82) is 0 Å². The van der Waals surface area contributed by atoms with E-state index in [1.165, 1.54) is 4.68 Å². The van der Waals surface area contributed by atoms with Gasteiger partial charge in [0.05, 0.1) is 0 Å². The minimum Gasteiger partial charge on any atom is -0.269 e. The Morgan fingerprint density at radius 2 is 1.86 bits per heavy atom. The van der Waals surface area contributed by atoms with Gasteiger partial charge in [0.1, 0.15) is 0 Å². The van der Waals surface area contributed by atoms with Gasteiger partial charge in [0.15, 0.2) is 6.20 Å². The molecule has 0 amide bonds. The van der Waals surface area contributed by atoms with E-state index in [1.54, 1.807) is 4.68 Å². The maximum Gasteiger partial charge on any atom is 0.300 e. The monoisotopic (exact) mass is 189 g/mol. The first-order chi connectivity index (χ1) is 6.70. The van der Waals surface area contributed by atoms with Crippen LogP contribution < -0.4 is 16.4 Å². The van der Waals surface area contributed by atoms with Gasteiger partial charge < -0.3 is 0 Å². The van der Waals surface area contributed by atoms with Gasteiger partial charge in [-0.25, -0.2) is 0 Å². The summed E-state index contributed by atoms with van der Waals surface area (Å²) in [5, 5.41) is 0. The zero-order valence-electron chi connectivity index (χ0n) is 8.01. The highest BCUT2D eigenvalue weighted by Gasteiger charge is 2.17. The summed E-state index contributed by atoms with van der Waals surface area (Å²) in [6, 6.07) is 9.91. The Hall–Kier alpha value is -1.97. The molecule has 0 atom stereocenters. The molecular formula is C10H13N4+. The lowest BCUT2D eigenvalue weighted by molar-refractivity contribution is -0.644. The summed E-state index contributed by atoms with van der Waals surface area (Å²) < 4.78 is 3.09. The minimum absolute atomic E-state index is 0.809. The molecule has 1 aromatic carbocycles.